The molecule has 3 rings (SSSR count). The maximum Gasteiger partial charge on any atom is 0.225 e. The van der Waals surface area contributed by atoms with Gasteiger partial charge in [0.05, 0.1) is 12.1 Å². The third-order valence-electron chi connectivity index (χ3n) is 4.40. The lowest BCUT2D eigenvalue weighted by molar-refractivity contribution is -0.125. The Hall–Kier alpha value is -1.36. The highest BCUT2D eigenvalue weighted by Crippen LogP contribution is 2.33. The molecule has 2 aliphatic rings. The highest BCUT2D eigenvalue weighted by Gasteiger charge is 2.37. The van der Waals surface area contributed by atoms with Crippen molar-refractivity contribution >= 4 is 5.91 Å². The van der Waals surface area contributed by atoms with E-state index in [0.717, 1.165) is 18.7 Å². The quantitative estimate of drug-likeness (QED) is 0.837. The summed E-state index contributed by atoms with van der Waals surface area (Å²) in [5.41, 5.74) is 1.16. The molecule has 5 heteroatoms. The second-order valence-corrected chi connectivity index (χ2v) is 5.95. The van der Waals surface area contributed by atoms with Gasteiger partial charge in [-0.1, -0.05) is 0 Å². The predicted molar refractivity (Wildman–Crippen MR) is 72.6 cm³/mol. The maximum atomic E-state index is 12.4. The summed E-state index contributed by atoms with van der Waals surface area (Å²) in [6, 6.07) is 0.322. The first-order valence-corrected chi connectivity index (χ1v) is 7.15. The van der Waals surface area contributed by atoms with Crippen LogP contribution in [0.2, 0.25) is 0 Å². The van der Waals surface area contributed by atoms with Crippen molar-refractivity contribution in [3.8, 4) is 0 Å². The van der Waals surface area contributed by atoms with Gasteiger partial charge in [-0.15, -0.1) is 0 Å². The van der Waals surface area contributed by atoms with Gasteiger partial charge in [-0.25, -0.2) is 0 Å². The Kier molecular flexibility index (Phi) is 3.31. The summed E-state index contributed by atoms with van der Waals surface area (Å²) in [5.74, 6) is 1.18. The molecule has 1 aliphatic heterocycles. The zero-order valence-corrected chi connectivity index (χ0v) is 11.6. The summed E-state index contributed by atoms with van der Waals surface area (Å²) in [5, 5.41) is 10.7. The van der Waals surface area contributed by atoms with E-state index in [1.54, 1.807) is 4.68 Å². The molecule has 5 nitrogen and oxygen atoms in total. The fourth-order valence-electron chi connectivity index (χ4n) is 2.98. The Balaban J connectivity index is 1.66. The number of amides is 1. The summed E-state index contributed by atoms with van der Waals surface area (Å²) in [6.45, 7) is 3.75. The standard InChI is InChI=1S/C14H22N4O/c1-9(10-3-4-10)17-14(19)13-7-15-6-12(13)11-5-16-18(2)8-11/h5,8-10,12-13,15H,3-4,6-7H2,1-2H3,(H,17,19)/t9?,12-,13+/m1/s1. The number of carbonyl (C=O) groups is 1. The summed E-state index contributed by atoms with van der Waals surface area (Å²) in [7, 11) is 1.91. The molecule has 1 aromatic rings. The molecule has 1 unspecified atom stereocenters. The Morgan fingerprint density at radius 2 is 2.32 bits per heavy atom. The molecule has 1 aliphatic carbocycles. The van der Waals surface area contributed by atoms with Gasteiger partial charge in [-0.05, 0) is 31.2 Å². The fraction of sp³-hybridized carbons (Fsp3) is 0.714. The lowest BCUT2D eigenvalue weighted by atomic mass is 9.90. The molecule has 1 saturated heterocycles. The molecule has 2 N–H and O–H groups in total. The number of aromatic nitrogens is 2. The van der Waals surface area contributed by atoms with Crippen LogP contribution in [-0.2, 0) is 11.8 Å². The van der Waals surface area contributed by atoms with Gasteiger partial charge in [0.1, 0.15) is 0 Å². The van der Waals surface area contributed by atoms with E-state index >= 15 is 0 Å². The van der Waals surface area contributed by atoms with Gasteiger partial charge < -0.3 is 10.6 Å². The van der Waals surface area contributed by atoms with Gasteiger partial charge in [0.2, 0.25) is 5.91 Å². The normalized spacial score (nSPS) is 28.3. The number of aryl methyl sites for hydroxylation is 1. The van der Waals surface area contributed by atoms with E-state index in [-0.39, 0.29) is 17.7 Å². The van der Waals surface area contributed by atoms with Crippen LogP contribution in [0.25, 0.3) is 0 Å². The number of nitrogens with one attached hydrogen (secondary N) is 2. The van der Waals surface area contributed by atoms with E-state index in [9.17, 15) is 4.79 Å². The van der Waals surface area contributed by atoms with Crippen LogP contribution < -0.4 is 10.6 Å². The zero-order valence-electron chi connectivity index (χ0n) is 11.6. The van der Waals surface area contributed by atoms with E-state index in [1.165, 1.54) is 12.8 Å². The average Bonchev–Trinajstić information content (AvgIpc) is 2.96. The fourth-order valence-corrected chi connectivity index (χ4v) is 2.98. The summed E-state index contributed by atoms with van der Waals surface area (Å²) >= 11 is 0. The molecule has 2 fully saturated rings. The molecular weight excluding hydrogens is 240 g/mol. The van der Waals surface area contributed by atoms with Crippen LogP contribution in [0.15, 0.2) is 12.4 Å². The third-order valence-corrected chi connectivity index (χ3v) is 4.40. The van der Waals surface area contributed by atoms with Crippen LogP contribution in [0.5, 0.6) is 0 Å². The van der Waals surface area contributed by atoms with E-state index in [2.05, 4.69) is 22.7 Å². The van der Waals surface area contributed by atoms with Gasteiger partial charge >= 0.3 is 0 Å². The van der Waals surface area contributed by atoms with Crippen molar-refractivity contribution in [2.75, 3.05) is 13.1 Å². The first-order chi connectivity index (χ1) is 9.15. The molecular formula is C14H22N4O. The minimum Gasteiger partial charge on any atom is -0.353 e. The lowest BCUT2D eigenvalue weighted by Crippen LogP contribution is -2.40. The Bertz CT molecular complexity index is 466. The van der Waals surface area contributed by atoms with Crippen molar-refractivity contribution in [3.05, 3.63) is 18.0 Å². The maximum absolute atomic E-state index is 12.4. The summed E-state index contributed by atoms with van der Waals surface area (Å²) in [4.78, 5) is 12.4. The van der Waals surface area contributed by atoms with Crippen LogP contribution in [-0.4, -0.2) is 34.8 Å². The first kappa shape index (κ1) is 12.7. The SMILES string of the molecule is CC(NC(=O)[C@H]1CNC[C@@H]1c1cnn(C)c1)C1CC1. The number of hydrogen-bond acceptors (Lipinski definition) is 3. The molecule has 0 spiro atoms. The van der Waals surface area contributed by atoms with Crippen molar-refractivity contribution < 1.29 is 4.79 Å². The number of carbonyl (C=O) groups excluding carboxylic acids is 1. The van der Waals surface area contributed by atoms with E-state index in [0.29, 0.717) is 12.0 Å². The van der Waals surface area contributed by atoms with Crippen LogP contribution in [0, 0.1) is 11.8 Å². The Morgan fingerprint density at radius 1 is 1.53 bits per heavy atom. The van der Waals surface area contributed by atoms with Crippen molar-refractivity contribution in [1.82, 2.24) is 20.4 Å². The van der Waals surface area contributed by atoms with Gasteiger partial charge in [0.25, 0.3) is 0 Å². The molecule has 3 atom stereocenters. The number of hydrogen-bond donors (Lipinski definition) is 2. The number of rotatable bonds is 4. The largest absolute Gasteiger partial charge is 0.353 e. The second kappa shape index (κ2) is 4.96. The van der Waals surface area contributed by atoms with Crippen molar-refractivity contribution in [2.45, 2.75) is 31.7 Å². The third kappa shape index (κ3) is 2.66. The van der Waals surface area contributed by atoms with E-state index in [1.807, 2.05) is 19.4 Å². The molecule has 1 aromatic heterocycles. The first-order valence-electron chi connectivity index (χ1n) is 7.15. The minimum absolute atomic E-state index is 0.0328. The molecule has 1 amide bonds. The average molecular weight is 262 g/mol. The van der Waals surface area contributed by atoms with Crippen molar-refractivity contribution in [1.29, 1.82) is 0 Å². The second-order valence-electron chi connectivity index (χ2n) is 5.95. The monoisotopic (exact) mass is 262 g/mol. The van der Waals surface area contributed by atoms with E-state index < -0.39 is 0 Å². The predicted octanol–water partition coefficient (Wildman–Crippen LogP) is 0.638. The lowest BCUT2D eigenvalue weighted by Gasteiger charge is -2.20. The highest BCUT2D eigenvalue weighted by atomic mass is 16.2. The van der Waals surface area contributed by atoms with Crippen molar-refractivity contribution in [3.63, 3.8) is 0 Å². The molecule has 104 valence electrons. The molecule has 19 heavy (non-hydrogen) atoms. The topological polar surface area (TPSA) is 59.0 Å². The zero-order chi connectivity index (χ0) is 13.4. The van der Waals surface area contributed by atoms with Gasteiger partial charge in [0, 0.05) is 38.3 Å². The van der Waals surface area contributed by atoms with Crippen LogP contribution in [0.1, 0.15) is 31.2 Å². The summed E-state index contributed by atoms with van der Waals surface area (Å²) < 4.78 is 1.80. The molecule has 0 bridgehead atoms. The van der Waals surface area contributed by atoms with Crippen LogP contribution in [0.3, 0.4) is 0 Å². The summed E-state index contributed by atoms with van der Waals surface area (Å²) in [6.07, 6.45) is 6.41. The van der Waals surface area contributed by atoms with Gasteiger partial charge in [-0.3, -0.25) is 9.48 Å². The van der Waals surface area contributed by atoms with E-state index in [4.69, 9.17) is 0 Å². The molecule has 2 heterocycles. The highest BCUT2D eigenvalue weighted by molar-refractivity contribution is 5.80. The molecule has 0 radical (unpaired) electrons. The smallest absolute Gasteiger partial charge is 0.225 e. The molecule has 0 aromatic carbocycles. The van der Waals surface area contributed by atoms with Gasteiger partial charge in [0.15, 0.2) is 0 Å². The molecule has 1 saturated carbocycles. The van der Waals surface area contributed by atoms with Crippen LogP contribution in [0.4, 0.5) is 0 Å². The van der Waals surface area contributed by atoms with Crippen molar-refractivity contribution in [2.24, 2.45) is 18.9 Å². The Morgan fingerprint density at radius 3 is 2.95 bits per heavy atom. The Labute approximate surface area is 113 Å². The van der Waals surface area contributed by atoms with Gasteiger partial charge in [-0.2, -0.15) is 5.10 Å². The minimum atomic E-state index is 0.0328. The number of nitrogens with zero attached hydrogens (tertiary/aromatic N) is 2. The van der Waals surface area contributed by atoms with Crippen LogP contribution >= 0.6 is 0 Å².